The van der Waals surface area contributed by atoms with Crippen molar-refractivity contribution in [1.82, 2.24) is 0 Å². The first-order valence-corrected chi connectivity index (χ1v) is 12.7. The molecule has 3 aromatic carbocycles. The number of carboxylic acid groups (broad SMARTS) is 1. The van der Waals surface area contributed by atoms with Crippen LogP contribution in [0.15, 0.2) is 66.7 Å². The summed E-state index contributed by atoms with van der Waals surface area (Å²) in [6.45, 7) is 1.93. The van der Waals surface area contributed by atoms with Crippen LogP contribution in [0.25, 0.3) is 6.08 Å². The predicted octanol–water partition coefficient (Wildman–Crippen LogP) is 5.01. The quantitative estimate of drug-likeness (QED) is 0.454. The molecule has 2 fully saturated rings. The average molecular weight is 533 g/mol. The summed E-state index contributed by atoms with van der Waals surface area (Å²) in [5.41, 5.74) is 3.00. The van der Waals surface area contributed by atoms with Gasteiger partial charge in [-0.15, -0.1) is 0 Å². The van der Waals surface area contributed by atoms with Gasteiger partial charge in [0.05, 0.1) is 32.5 Å². The van der Waals surface area contributed by atoms with Crippen LogP contribution in [0.2, 0.25) is 0 Å². The van der Waals surface area contributed by atoms with Gasteiger partial charge in [0, 0.05) is 23.5 Å². The Kier molecular flexibility index (Phi) is 7.00. The zero-order chi connectivity index (χ0) is 26.8. The third-order valence-electron chi connectivity index (χ3n) is 7.26. The number of aliphatic carboxylic acids is 1. The number of hydrogen-bond acceptors (Lipinski definition) is 8. The zero-order valence-electron chi connectivity index (χ0n) is 21.3. The highest BCUT2D eigenvalue weighted by Gasteiger charge is 2.48. The molecule has 0 radical (unpaired) electrons. The largest absolute Gasteiger partial charge is 0.496 e. The van der Waals surface area contributed by atoms with Crippen molar-refractivity contribution >= 4 is 12.0 Å². The molecule has 4 aliphatic heterocycles. The van der Waals surface area contributed by atoms with E-state index in [1.807, 2.05) is 36.4 Å². The van der Waals surface area contributed by atoms with E-state index < -0.39 is 5.97 Å². The summed E-state index contributed by atoms with van der Waals surface area (Å²) in [6, 6.07) is 19.3. The van der Waals surface area contributed by atoms with Gasteiger partial charge < -0.3 is 38.3 Å². The fourth-order valence-electron chi connectivity index (χ4n) is 5.38. The van der Waals surface area contributed by atoms with Crippen LogP contribution in [-0.2, 0) is 14.3 Å². The smallest absolute Gasteiger partial charge is 0.328 e. The van der Waals surface area contributed by atoms with Gasteiger partial charge in [-0.2, -0.15) is 0 Å². The van der Waals surface area contributed by atoms with Crippen molar-refractivity contribution in [2.75, 3.05) is 33.9 Å². The minimum Gasteiger partial charge on any atom is -0.496 e. The van der Waals surface area contributed by atoms with Crippen molar-refractivity contribution in [3.05, 3.63) is 83.4 Å². The van der Waals surface area contributed by atoms with Gasteiger partial charge in [0.15, 0.2) is 23.0 Å². The molecule has 7 rings (SSSR count). The van der Waals surface area contributed by atoms with Crippen LogP contribution in [0.1, 0.15) is 28.9 Å². The number of methoxy groups -OCH3 is 1. The molecule has 39 heavy (non-hydrogen) atoms. The van der Waals surface area contributed by atoms with Crippen molar-refractivity contribution < 1.29 is 43.1 Å². The molecule has 3 aromatic rings. The van der Waals surface area contributed by atoms with Gasteiger partial charge in [0.1, 0.15) is 5.75 Å². The monoisotopic (exact) mass is 532 g/mol. The number of rotatable bonds is 5. The molecule has 0 amide bonds. The molecule has 4 unspecified atom stereocenters. The molecule has 4 aliphatic rings. The summed E-state index contributed by atoms with van der Waals surface area (Å²) in [4.78, 5) is 10.2. The van der Waals surface area contributed by atoms with Crippen LogP contribution in [0.4, 0.5) is 0 Å². The lowest BCUT2D eigenvalue weighted by atomic mass is 9.85. The highest BCUT2D eigenvalue weighted by Crippen LogP contribution is 2.52. The minimum atomic E-state index is -0.967. The highest BCUT2D eigenvalue weighted by molar-refractivity contribution is 5.85. The van der Waals surface area contributed by atoms with E-state index in [-0.39, 0.29) is 25.8 Å². The molecule has 0 bridgehead atoms. The number of hydrogen-bond donors (Lipinski definition) is 1. The Morgan fingerprint density at radius 2 is 1.33 bits per heavy atom. The molecule has 0 aliphatic carbocycles. The van der Waals surface area contributed by atoms with Gasteiger partial charge in [-0.25, -0.2) is 4.79 Å². The number of ether oxygens (including phenoxy) is 7. The summed E-state index contributed by atoms with van der Waals surface area (Å²) in [5.74, 6) is 3.53. The summed E-state index contributed by atoms with van der Waals surface area (Å²) in [6.07, 6.45) is 2.63. The number of benzene rings is 3. The molecule has 202 valence electrons. The van der Waals surface area contributed by atoms with Gasteiger partial charge in [0.25, 0.3) is 0 Å². The summed E-state index contributed by atoms with van der Waals surface area (Å²) in [5, 5.41) is 8.41. The van der Waals surface area contributed by atoms with E-state index in [0.717, 1.165) is 45.8 Å². The van der Waals surface area contributed by atoms with Crippen molar-refractivity contribution in [2.24, 2.45) is 11.8 Å². The molecule has 4 atom stereocenters. The molecule has 4 heterocycles. The maximum absolute atomic E-state index is 10.2. The third kappa shape index (κ3) is 5.10. The molecule has 0 spiro atoms. The second-order valence-electron chi connectivity index (χ2n) is 9.47. The summed E-state index contributed by atoms with van der Waals surface area (Å²) >= 11 is 0. The first-order valence-electron chi connectivity index (χ1n) is 12.7. The van der Waals surface area contributed by atoms with Gasteiger partial charge in [-0.3, -0.25) is 0 Å². The lowest BCUT2D eigenvalue weighted by molar-refractivity contribution is -0.131. The Morgan fingerprint density at radius 1 is 0.795 bits per heavy atom. The lowest BCUT2D eigenvalue weighted by Gasteiger charge is -2.17. The van der Waals surface area contributed by atoms with E-state index in [9.17, 15) is 4.79 Å². The molecular formula is C30H28O9. The van der Waals surface area contributed by atoms with Crippen LogP contribution < -0.4 is 23.7 Å². The maximum atomic E-state index is 10.2. The normalized spacial score (nSPS) is 23.8. The maximum Gasteiger partial charge on any atom is 0.328 e. The zero-order valence-corrected chi connectivity index (χ0v) is 21.3. The minimum absolute atomic E-state index is 0.0218. The SMILES string of the molecule is COc1ccccc1C=CC(=O)O.c1cc2c(cc1C1OCC3C(c4ccc5c(c4)OCO5)OCC13)OCO2. The van der Waals surface area contributed by atoms with E-state index in [2.05, 4.69) is 12.1 Å². The summed E-state index contributed by atoms with van der Waals surface area (Å²) in [7, 11) is 1.55. The molecule has 0 aromatic heterocycles. The van der Waals surface area contributed by atoms with Crippen molar-refractivity contribution in [3.8, 4) is 28.7 Å². The topological polar surface area (TPSA) is 102 Å². The molecule has 2 saturated heterocycles. The molecular weight excluding hydrogens is 504 g/mol. The van der Waals surface area contributed by atoms with Crippen LogP contribution >= 0.6 is 0 Å². The van der Waals surface area contributed by atoms with Gasteiger partial charge >= 0.3 is 5.97 Å². The third-order valence-corrected chi connectivity index (χ3v) is 7.26. The second kappa shape index (κ2) is 10.9. The standard InChI is InChI=1S/C20H18O6.C10H10O3/c1-3-15-17(25-9-23-15)5-11(1)19-13-7-22-20(14(13)8-21-19)12-2-4-16-18(6-12)26-10-24-16;1-13-9-5-3-2-4-8(9)6-7-10(11)12/h1-6,13-14,19-20H,7-10H2;2-7H,1H3,(H,11,12). The fraction of sp³-hybridized carbons (Fsp3) is 0.300. The van der Waals surface area contributed by atoms with Gasteiger partial charge in [-0.05, 0) is 47.5 Å². The second-order valence-corrected chi connectivity index (χ2v) is 9.47. The molecule has 0 saturated carbocycles. The van der Waals surface area contributed by atoms with Crippen molar-refractivity contribution in [2.45, 2.75) is 12.2 Å². The van der Waals surface area contributed by atoms with Crippen LogP contribution in [0, 0.1) is 11.8 Å². The number of para-hydroxylation sites is 1. The fourth-order valence-corrected chi connectivity index (χ4v) is 5.38. The predicted molar refractivity (Wildman–Crippen MR) is 139 cm³/mol. The number of carboxylic acids is 1. The van der Waals surface area contributed by atoms with E-state index in [1.165, 1.54) is 6.08 Å². The Labute approximate surface area is 225 Å². The average Bonchev–Trinajstić information content (AvgIpc) is 3.75. The molecule has 9 heteroatoms. The van der Waals surface area contributed by atoms with Crippen LogP contribution in [0.3, 0.4) is 0 Å². The van der Waals surface area contributed by atoms with Gasteiger partial charge in [0.2, 0.25) is 13.6 Å². The van der Waals surface area contributed by atoms with Gasteiger partial charge in [-0.1, -0.05) is 30.3 Å². The molecule has 9 nitrogen and oxygen atoms in total. The van der Waals surface area contributed by atoms with E-state index in [1.54, 1.807) is 19.2 Å². The lowest BCUT2D eigenvalue weighted by Crippen LogP contribution is -2.14. The Hall–Kier alpha value is -4.21. The first-order chi connectivity index (χ1) is 19.1. The summed E-state index contributed by atoms with van der Waals surface area (Å²) < 4.78 is 39.2. The Balaban J connectivity index is 0.000000181. The van der Waals surface area contributed by atoms with Crippen molar-refractivity contribution in [3.63, 3.8) is 0 Å². The van der Waals surface area contributed by atoms with E-state index in [4.69, 9.17) is 38.3 Å². The Bertz CT molecular complexity index is 1310. The first kappa shape index (κ1) is 25.1. The van der Waals surface area contributed by atoms with E-state index in [0.29, 0.717) is 30.8 Å². The van der Waals surface area contributed by atoms with Crippen LogP contribution in [0.5, 0.6) is 28.7 Å². The molecule has 1 N–H and O–H groups in total. The van der Waals surface area contributed by atoms with Crippen LogP contribution in [-0.4, -0.2) is 45.0 Å². The Morgan fingerprint density at radius 3 is 1.87 bits per heavy atom. The van der Waals surface area contributed by atoms with E-state index >= 15 is 0 Å². The number of fused-ring (bicyclic) bond motifs is 3. The highest BCUT2D eigenvalue weighted by atomic mass is 16.7. The van der Waals surface area contributed by atoms with Crippen molar-refractivity contribution in [1.29, 1.82) is 0 Å². The number of carbonyl (C=O) groups is 1.